The maximum absolute atomic E-state index is 13.9. The SMILES string of the molecule is O=C(O[C@H]1CO[C@H]2OCC[C@H]21)ON1C(=O)CCC1=O.[2H]C([2H])([2H])C([2H])(CN(C[C@@H](O)[C@@H](CC(=O)O[C@H]1CO[C@H]2OCC[C@H]21)Cc1ccccc1)S(=O)(=O)c1ccc(N)cc1)C([2H])([2H])[2H].[2H]C([2H])([2H])C([2H])(CN(C[C@@H](O)[C@@H](N)Cc1ccccc1)S(=O)(=O)c1ccc(N)cc1)C([2H])([2H])[2H]. The summed E-state index contributed by atoms with van der Waals surface area (Å²) in [4.78, 5) is 51.2. The van der Waals surface area contributed by atoms with Crippen LogP contribution in [0, 0.1) is 29.5 Å². The normalized spacial score (nSPS) is 25.9. The van der Waals surface area contributed by atoms with Crippen molar-refractivity contribution in [1.29, 1.82) is 0 Å². The molecule has 9 rings (SSSR count). The highest BCUT2D eigenvalue weighted by atomic mass is 32.2. The zero-order chi connectivity index (χ0) is 72.6. The van der Waals surface area contributed by atoms with Crippen LogP contribution >= 0.6 is 0 Å². The van der Waals surface area contributed by atoms with Crippen LogP contribution in [0.4, 0.5) is 16.2 Å². The van der Waals surface area contributed by atoms with E-state index in [1.807, 2.05) is 0 Å². The van der Waals surface area contributed by atoms with Crippen molar-refractivity contribution < 1.29 is 98.7 Å². The van der Waals surface area contributed by atoms with E-state index in [0.29, 0.717) is 33.3 Å². The fourth-order valence-electron chi connectivity index (χ4n) is 9.81. The van der Waals surface area contributed by atoms with Gasteiger partial charge in [0.1, 0.15) is 12.2 Å². The second kappa shape index (κ2) is 30.3. The first-order chi connectivity index (χ1) is 45.6. The Bertz CT molecular complexity index is 3530. The maximum atomic E-state index is 13.9. The molecular formula is C59H80N6O17S2. The highest BCUT2D eigenvalue weighted by Crippen LogP contribution is 2.35. The number of hydrogen-bond acceptors (Lipinski definition) is 20. The topological polar surface area (TPSA) is 329 Å². The number of hydroxylamine groups is 2. The summed E-state index contributed by atoms with van der Waals surface area (Å²) in [5, 5.41) is 22.7. The third-order valence-corrected chi connectivity index (χ3v) is 17.9. The summed E-state index contributed by atoms with van der Waals surface area (Å²) in [7, 11) is -9.21. The van der Waals surface area contributed by atoms with Gasteiger partial charge in [-0.1, -0.05) is 93.1 Å². The molecule has 5 heterocycles. The molecule has 0 aromatic heterocycles. The van der Waals surface area contributed by atoms with Crippen LogP contribution in [0.25, 0.3) is 0 Å². The Kier molecular flexibility index (Phi) is 17.3. The molecule has 5 fully saturated rings. The fourth-order valence-corrected chi connectivity index (χ4v) is 12.7. The minimum Gasteiger partial charge on any atom is -0.459 e. The number of fused-ring (bicyclic) bond motifs is 2. The summed E-state index contributed by atoms with van der Waals surface area (Å²) < 4.78 is 198. The highest BCUT2D eigenvalue weighted by molar-refractivity contribution is 7.89. The van der Waals surface area contributed by atoms with Gasteiger partial charge in [-0.3, -0.25) is 19.2 Å². The van der Waals surface area contributed by atoms with Gasteiger partial charge in [0.25, 0.3) is 11.8 Å². The lowest BCUT2D eigenvalue weighted by molar-refractivity contribution is -0.179. The van der Waals surface area contributed by atoms with E-state index in [0.717, 1.165) is 29.7 Å². The Hall–Kier alpha value is -6.10. The first-order valence-corrected chi connectivity index (χ1v) is 29.8. The third kappa shape index (κ3) is 18.2. The fraction of sp³-hybridized carbons (Fsp3) is 0.525. The van der Waals surface area contributed by atoms with Gasteiger partial charge < -0.3 is 55.8 Å². The average molecular weight is 1220 g/mol. The Balaban J connectivity index is 0.000000223. The van der Waals surface area contributed by atoms with Crippen LogP contribution < -0.4 is 17.2 Å². The molecule has 84 heavy (non-hydrogen) atoms. The average Bonchev–Trinajstić information content (AvgIpc) is 0.874. The Morgan fingerprint density at radius 2 is 1.08 bits per heavy atom. The van der Waals surface area contributed by atoms with Gasteiger partial charge in [0, 0.05) is 81.5 Å². The Morgan fingerprint density at radius 3 is 1.55 bits per heavy atom. The van der Waals surface area contributed by atoms with Crippen molar-refractivity contribution >= 4 is 55.4 Å². The van der Waals surface area contributed by atoms with Gasteiger partial charge in [0.05, 0.1) is 66.7 Å². The molecule has 0 radical (unpaired) electrons. The number of imide groups is 1. The first-order valence-electron chi connectivity index (χ1n) is 33.9. The molecule has 4 aromatic rings. The van der Waals surface area contributed by atoms with Gasteiger partial charge in [-0.2, -0.15) is 8.61 Å². The van der Waals surface area contributed by atoms with Gasteiger partial charge in [-0.25, -0.2) is 21.6 Å². The highest BCUT2D eigenvalue weighted by Gasteiger charge is 2.46. The number of aliphatic hydroxyl groups is 2. The number of aliphatic hydroxyl groups excluding tert-OH is 2. The molecule has 5 aliphatic rings. The van der Waals surface area contributed by atoms with E-state index in [2.05, 4.69) is 4.84 Å². The molecule has 0 aliphatic carbocycles. The molecule has 2 amide bonds. The van der Waals surface area contributed by atoms with Crippen molar-refractivity contribution in [3.63, 3.8) is 0 Å². The molecular weight excluding hydrogens is 1130 g/mol. The number of rotatable bonds is 23. The second-order valence-corrected chi connectivity index (χ2v) is 24.4. The minimum atomic E-state index is -4.68. The lowest BCUT2D eigenvalue weighted by Crippen LogP contribution is -2.47. The summed E-state index contributed by atoms with van der Waals surface area (Å²) in [6.45, 7) is -16.2. The lowest BCUT2D eigenvalue weighted by Gasteiger charge is -2.30. The summed E-state index contributed by atoms with van der Waals surface area (Å²) in [5.74, 6) is -9.24. The van der Waals surface area contributed by atoms with Gasteiger partial charge >= 0.3 is 12.1 Å². The number of nitrogens with zero attached hydrogens (tertiary/aromatic N) is 3. The van der Waals surface area contributed by atoms with Gasteiger partial charge in [0.15, 0.2) is 12.6 Å². The van der Waals surface area contributed by atoms with Crippen molar-refractivity contribution in [2.75, 3.05) is 64.1 Å². The zero-order valence-corrected chi connectivity index (χ0v) is 47.3. The summed E-state index contributed by atoms with van der Waals surface area (Å²) in [5.41, 5.74) is 19.4. The number of benzene rings is 4. The van der Waals surface area contributed by atoms with E-state index in [1.165, 1.54) is 36.4 Å². The Morgan fingerprint density at radius 1 is 0.643 bits per heavy atom. The molecule has 0 unspecified atom stereocenters. The smallest absolute Gasteiger partial charge is 0.459 e. The molecule has 0 saturated carbocycles. The van der Waals surface area contributed by atoms with Crippen molar-refractivity contribution in [3.8, 4) is 0 Å². The van der Waals surface area contributed by atoms with Crippen LogP contribution in [0.2, 0.25) is 0 Å². The van der Waals surface area contributed by atoms with E-state index in [-0.39, 0.29) is 84.6 Å². The number of sulfonamides is 2. The van der Waals surface area contributed by atoms with E-state index < -0.39 is 152 Å². The number of nitrogens with two attached hydrogens (primary N) is 3. The predicted molar refractivity (Wildman–Crippen MR) is 307 cm³/mol. The molecule has 460 valence electrons. The van der Waals surface area contributed by atoms with Gasteiger partial charge in [-0.05, 0) is 97.1 Å². The van der Waals surface area contributed by atoms with Crippen LogP contribution in [0.1, 0.15) is 89.8 Å². The molecule has 5 saturated heterocycles. The maximum Gasteiger partial charge on any atom is 0.534 e. The number of anilines is 2. The predicted octanol–water partition coefficient (Wildman–Crippen LogP) is 4.64. The number of amides is 2. The van der Waals surface area contributed by atoms with Crippen LogP contribution in [0.3, 0.4) is 0 Å². The third-order valence-electron chi connectivity index (χ3n) is 14.3. The summed E-state index contributed by atoms with van der Waals surface area (Å²) in [6, 6.07) is 26.6. The molecule has 0 bridgehead atoms. The molecule has 5 aliphatic heterocycles. The number of carbonyl (C=O) groups excluding carboxylic acids is 4. The minimum absolute atomic E-state index is 0.0162. The summed E-state index contributed by atoms with van der Waals surface area (Å²) >= 11 is 0. The standard InChI is InChI=1S/C28H38N2O7S.C20H29N3O3S.C11H13NO7/c1-19(2)16-30(38(33,34)23-10-8-22(29)9-11-23)17-25(31)21(14-20-6-4-3-5-7-20)15-27(32)37-26-18-36-28-24(26)12-13-35-28;1-15(2)13-23(27(25,26)18-10-8-17(21)9-11-18)14-20(24)19(22)12-16-6-4-3-5-7-16;13-8-1-2-9(14)12(8)19-11(15)18-7-5-17-10-6(7)3-4-16-10/h3-11,19,21,24-26,28,31H,12-18,29H2,1-2H3;3-11,15,19-20,24H,12-14,21-22H2,1-2H3;6-7,10H,1-5H2/t21-,24+,25-,26+,28-;19-,20+;6-,7-,10+/m100/s1/i1D3,2D3,19D;1D3,2D3,15D;. The van der Waals surface area contributed by atoms with E-state index in [4.69, 9.17) is 64.8 Å². The van der Waals surface area contributed by atoms with Crippen molar-refractivity contribution in [3.05, 3.63) is 120 Å². The van der Waals surface area contributed by atoms with Gasteiger partial charge in [0.2, 0.25) is 20.0 Å². The zero-order valence-electron chi connectivity index (χ0n) is 59.7. The monoisotopic (exact) mass is 1220 g/mol. The largest absolute Gasteiger partial charge is 0.534 e. The van der Waals surface area contributed by atoms with Crippen LogP contribution in [0.15, 0.2) is 119 Å². The Labute approximate surface area is 511 Å². The van der Waals surface area contributed by atoms with E-state index in [1.54, 1.807) is 60.7 Å². The molecule has 8 N–H and O–H groups in total. The number of nitrogen functional groups attached to an aromatic ring is 2. The van der Waals surface area contributed by atoms with Crippen molar-refractivity contribution in [2.45, 2.75) is 125 Å². The number of esters is 1. The molecule has 23 nitrogen and oxygen atoms in total. The van der Waals surface area contributed by atoms with Crippen LogP contribution in [0.5, 0.6) is 0 Å². The van der Waals surface area contributed by atoms with Crippen LogP contribution in [-0.4, -0.2) is 160 Å². The van der Waals surface area contributed by atoms with E-state index >= 15 is 0 Å². The number of carbonyl (C=O) groups is 4. The molecule has 10 atom stereocenters. The van der Waals surface area contributed by atoms with Crippen LogP contribution in [-0.2, 0) is 80.5 Å². The lowest BCUT2D eigenvalue weighted by atomic mass is 9.90. The molecule has 0 spiro atoms. The first kappa shape index (κ1) is 48.1. The van der Waals surface area contributed by atoms with Crippen molar-refractivity contribution in [2.24, 2.45) is 35.3 Å². The second-order valence-electron chi connectivity index (χ2n) is 20.5. The van der Waals surface area contributed by atoms with Gasteiger partial charge in [-0.15, -0.1) is 0 Å². The molecule has 4 aromatic carbocycles. The quantitative estimate of drug-likeness (QED) is 0.0383. The summed E-state index contributed by atoms with van der Waals surface area (Å²) in [6.07, 6.45) is -4.53. The van der Waals surface area contributed by atoms with Crippen molar-refractivity contribution in [1.82, 2.24) is 13.7 Å². The van der Waals surface area contributed by atoms with E-state index in [9.17, 15) is 46.2 Å². The number of ether oxygens (including phenoxy) is 6. The number of hydrogen-bond donors (Lipinski definition) is 5. The molecule has 25 heteroatoms.